The van der Waals surface area contributed by atoms with E-state index in [1.165, 1.54) is 5.57 Å². The molecular weight excluding hydrogens is 360 g/mol. The van der Waals surface area contributed by atoms with Gasteiger partial charge in [0.15, 0.2) is 0 Å². The molecule has 0 aromatic heterocycles. The molecule has 28 heavy (non-hydrogen) atoms. The molecule has 156 valence electrons. The maximum atomic E-state index is 11.5. The summed E-state index contributed by atoms with van der Waals surface area (Å²) in [6.07, 6.45) is 6.43. The third kappa shape index (κ3) is 2.39. The zero-order valence-corrected chi connectivity index (χ0v) is 16.7. The van der Waals surface area contributed by atoms with Crippen LogP contribution in [0, 0.1) is 28.6 Å². The van der Waals surface area contributed by atoms with Crippen LogP contribution in [0.15, 0.2) is 22.0 Å². The van der Waals surface area contributed by atoms with E-state index in [1.807, 2.05) is 13.0 Å². The molecule has 3 saturated carbocycles. The molecule has 0 aliphatic heterocycles. The third-order valence-corrected chi connectivity index (χ3v) is 8.94. The predicted octanol–water partition coefficient (Wildman–Crippen LogP) is 2.30. The van der Waals surface area contributed by atoms with Crippen LogP contribution in [0.25, 0.3) is 0 Å². The van der Waals surface area contributed by atoms with E-state index in [1.54, 1.807) is 0 Å². The van der Waals surface area contributed by atoms with Crippen LogP contribution in [-0.4, -0.2) is 55.5 Å². The largest absolute Gasteiger partial charge is 0.411 e. The summed E-state index contributed by atoms with van der Waals surface area (Å²) in [5, 5.41) is 57.6. The molecule has 7 heteroatoms. The average Bonchev–Trinajstić information content (AvgIpc) is 2.93. The smallest absolute Gasteiger partial charge is 0.114 e. The molecule has 7 nitrogen and oxygen atoms in total. The van der Waals surface area contributed by atoms with E-state index in [2.05, 4.69) is 17.2 Å². The molecule has 0 spiro atoms. The fraction of sp³-hybridized carbons (Fsp3) is 0.810. The SMILES string of the molecule is C[C@]12CC/C(=N/O)C=C1CC[C@@H]1[C@@H]2[C@@H](O)C[C@@]2(C)[C@H]1CC[C@]2(O)/C(CO)=N\O. The number of aliphatic hydroxyl groups is 3. The van der Waals surface area contributed by atoms with Gasteiger partial charge < -0.3 is 25.7 Å². The molecule has 7 atom stereocenters. The van der Waals surface area contributed by atoms with Gasteiger partial charge in [0.25, 0.3) is 0 Å². The second-order valence-electron chi connectivity index (χ2n) is 9.81. The summed E-state index contributed by atoms with van der Waals surface area (Å²) in [6, 6.07) is 0. The van der Waals surface area contributed by atoms with Crippen LogP contribution in [0.5, 0.6) is 0 Å². The summed E-state index contributed by atoms with van der Waals surface area (Å²) in [5.41, 5.74) is -0.189. The summed E-state index contributed by atoms with van der Waals surface area (Å²) >= 11 is 0. The predicted molar refractivity (Wildman–Crippen MR) is 104 cm³/mol. The van der Waals surface area contributed by atoms with Gasteiger partial charge >= 0.3 is 0 Å². The van der Waals surface area contributed by atoms with E-state index >= 15 is 0 Å². The summed E-state index contributed by atoms with van der Waals surface area (Å²) < 4.78 is 0. The number of fused-ring (bicyclic) bond motifs is 5. The summed E-state index contributed by atoms with van der Waals surface area (Å²) in [6.45, 7) is 3.72. The molecule has 5 N–H and O–H groups in total. The van der Waals surface area contributed by atoms with Crippen molar-refractivity contribution >= 4 is 11.4 Å². The van der Waals surface area contributed by atoms with E-state index < -0.39 is 23.7 Å². The van der Waals surface area contributed by atoms with Gasteiger partial charge in [-0.05, 0) is 74.2 Å². The minimum absolute atomic E-state index is 0.00669. The van der Waals surface area contributed by atoms with Gasteiger partial charge in [-0.25, -0.2) is 0 Å². The molecule has 4 aliphatic carbocycles. The van der Waals surface area contributed by atoms with E-state index in [0.717, 1.165) is 25.7 Å². The third-order valence-electron chi connectivity index (χ3n) is 8.94. The molecule has 4 rings (SSSR count). The van der Waals surface area contributed by atoms with E-state index in [9.17, 15) is 25.7 Å². The normalized spacial score (nSPS) is 50.0. The Morgan fingerprint density at radius 1 is 1.18 bits per heavy atom. The molecule has 0 aromatic rings. The molecule has 4 aliphatic rings. The Hall–Kier alpha value is -1.44. The topological polar surface area (TPSA) is 126 Å². The van der Waals surface area contributed by atoms with E-state index in [4.69, 9.17) is 0 Å². The van der Waals surface area contributed by atoms with Gasteiger partial charge in [0.05, 0.1) is 18.4 Å². The van der Waals surface area contributed by atoms with Crippen molar-refractivity contribution in [3.63, 3.8) is 0 Å². The Morgan fingerprint density at radius 3 is 2.57 bits per heavy atom. The first-order valence-corrected chi connectivity index (χ1v) is 10.4. The monoisotopic (exact) mass is 392 g/mol. The number of allylic oxidation sites excluding steroid dienone is 2. The van der Waals surface area contributed by atoms with Gasteiger partial charge in [0, 0.05) is 5.41 Å². The van der Waals surface area contributed by atoms with Crippen LogP contribution < -0.4 is 0 Å². The first-order chi connectivity index (χ1) is 13.2. The molecular formula is C21H32N2O5. The number of oxime groups is 2. The molecule has 0 aromatic carbocycles. The van der Waals surface area contributed by atoms with Gasteiger partial charge in [-0.15, -0.1) is 0 Å². The van der Waals surface area contributed by atoms with Crippen molar-refractivity contribution in [3.05, 3.63) is 11.6 Å². The summed E-state index contributed by atoms with van der Waals surface area (Å²) in [5.74, 6) is 0.550. The number of hydrogen-bond donors (Lipinski definition) is 5. The fourth-order valence-electron chi connectivity index (χ4n) is 7.50. The number of aliphatic hydroxyl groups excluding tert-OH is 2. The van der Waals surface area contributed by atoms with Crippen molar-refractivity contribution in [3.8, 4) is 0 Å². The average molecular weight is 392 g/mol. The van der Waals surface area contributed by atoms with Crippen LogP contribution >= 0.6 is 0 Å². The Labute approximate surface area is 165 Å². The van der Waals surface area contributed by atoms with Crippen molar-refractivity contribution in [1.29, 1.82) is 0 Å². The maximum Gasteiger partial charge on any atom is 0.114 e. The zero-order valence-electron chi connectivity index (χ0n) is 16.7. The summed E-state index contributed by atoms with van der Waals surface area (Å²) in [4.78, 5) is 0. The molecule has 0 amide bonds. The Kier molecular flexibility index (Phi) is 4.64. The van der Waals surface area contributed by atoms with Crippen LogP contribution in [0.2, 0.25) is 0 Å². The fourth-order valence-corrected chi connectivity index (χ4v) is 7.50. The summed E-state index contributed by atoms with van der Waals surface area (Å²) in [7, 11) is 0. The lowest BCUT2D eigenvalue weighted by molar-refractivity contribution is -0.152. The van der Waals surface area contributed by atoms with Gasteiger partial charge in [0.2, 0.25) is 0 Å². The lowest BCUT2D eigenvalue weighted by Gasteiger charge is -2.60. The van der Waals surface area contributed by atoms with Crippen molar-refractivity contribution in [2.75, 3.05) is 6.61 Å². The number of hydrogen-bond acceptors (Lipinski definition) is 7. The van der Waals surface area contributed by atoms with Crippen molar-refractivity contribution in [2.24, 2.45) is 38.9 Å². The molecule has 0 saturated heterocycles. The van der Waals surface area contributed by atoms with E-state index in [0.29, 0.717) is 25.0 Å². The Morgan fingerprint density at radius 2 is 1.93 bits per heavy atom. The highest BCUT2D eigenvalue weighted by Crippen LogP contribution is 2.67. The highest BCUT2D eigenvalue weighted by atomic mass is 16.4. The van der Waals surface area contributed by atoms with Crippen LogP contribution in [0.1, 0.15) is 58.8 Å². The standard InChI is InChI=1S/C21H32N2O5/c1-19-7-5-13(22-27)9-12(19)3-4-14-15-6-8-21(26,17(11-24)23-28)20(15,2)10-16(25)18(14)19/h9,14-16,18,24-28H,3-8,10-11H2,1-2H3/b22-13-,23-17-/t14-,15-,16-,18+,19-,20-,21-/m0/s1. The maximum absolute atomic E-state index is 11.5. The molecule has 0 bridgehead atoms. The number of nitrogens with zero attached hydrogens (tertiary/aromatic N) is 2. The van der Waals surface area contributed by atoms with E-state index in [-0.39, 0.29) is 28.9 Å². The quantitative estimate of drug-likeness (QED) is 0.280. The van der Waals surface area contributed by atoms with Crippen molar-refractivity contribution < 1.29 is 25.7 Å². The van der Waals surface area contributed by atoms with Crippen LogP contribution in [-0.2, 0) is 0 Å². The van der Waals surface area contributed by atoms with Gasteiger partial charge in [0.1, 0.15) is 11.3 Å². The van der Waals surface area contributed by atoms with Crippen LogP contribution in [0.3, 0.4) is 0 Å². The first kappa shape index (κ1) is 19.9. The van der Waals surface area contributed by atoms with Gasteiger partial charge in [-0.1, -0.05) is 29.7 Å². The molecule has 0 heterocycles. The highest BCUT2D eigenvalue weighted by molar-refractivity contribution is 5.96. The molecule has 0 radical (unpaired) electrons. The molecule has 0 unspecified atom stereocenters. The van der Waals surface area contributed by atoms with Crippen molar-refractivity contribution in [1.82, 2.24) is 0 Å². The highest BCUT2D eigenvalue weighted by Gasteiger charge is 2.67. The lowest BCUT2D eigenvalue weighted by atomic mass is 9.45. The van der Waals surface area contributed by atoms with Crippen molar-refractivity contribution in [2.45, 2.75) is 70.5 Å². The second kappa shape index (κ2) is 6.54. The van der Waals surface area contributed by atoms with Gasteiger partial charge in [-0.3, -0.25) is 0 Å². The number of rotatable bonds is 2. The minimum atomic E-state index is -1.40. The zero-order chi connectivity index (χ0) is 20.3. The first-order valence-electron chi connectivity index (χ1n) is 10.4. The Bertz CT molecular complexity index is 749. The minimum Gasteiger partial charge on any atom is -0.411 e. The van der Waals surface area contributed by atoms with Gasteiger partial charge in [-0.2, -0.15) is 0 Å². The second-order valence-corrected chi connectivity index (χ2v) is 9.81. The molecule has 3 fully saturated rings. The lowest BCUT2D eigenvalue weighted by Crippen LogP contribution is -2.62. The van der Waals surface area contributed by atoms with Crippen LogP contribution in [0.4, 0.5) is 0 Å². The Balaban J connectivity index is 1.73.